The van der Waals surface area contributed by atoms with E-state index in [0.717, 1.165) is 15.9 Å². The van der Waals surface area contributed by atoms with Gasteiger partial charge < -0.3 is 0 Å². The molecule has 0 atom stereocenters. The first-order chi connectivity index (χ1) is 12.1. The monoisotopic (exact) mass is 418 g/mol. The van der Waals surface area contributed by atoms with E-state index in [0.29, 0.717) is 0 Å². The molecule has 0 amide bonds. The van der Waals surface area contributed by atoms with Crippen LogP contribution in [0.5, 0.6) is 0 Å². The van der Waals surface area contributed by atoms with Gasteiger partial charge in [-0.25, -0.2) is 0 Å². The van der Waals surface area contributed by atoms with Gasteiger partial charge in [-0.05, 0) is 0 Å². The van der Waals surface area contributed by atoms with Gasteiger partial charge in [-0.1, -0.05) is 0 Å². The van der Waals surface area contributed by atoms with Gasteiger partial charge in [0.15, 0.2) is 0 Å². The Morgan fingerprint density at radius 2 is 1.00 bits per heavy atom. The Kier molecular flexibility index (Phi) is 5.81. The molecule has 3 aromatic rings. The third-order valence-corrected chi connectivity index (χ3v) is 9.04. The van der Waals surface area contributed by atoms with Crippen LogP contribution in [0.2, 0.25) is 0 Å². The molecule has 25 heavy (non-hydrogen) atoms. The summed E-state index contributed by atoms with van der Waals surface area (Å²) in [6.45, 7) is -2.34. The Balaban J connectivity index is 2.43. The molecular formula is C21H17F2PSe. The van der Waals surface area contributed by atoms with Gasteiger partial charge in [0, 0.05) is 0 Å². The zero-order valence-electron chi connectivity index (χ0n) is 13.4. The van der Waals surface area contributed by atoms with Gasteiger partial charge in [0.05, 0.1) is 0 Å². The van der Waals surface area contributed by atoms with Crippen LogP contribution in [0, 0.1) is 0 Å². The standard InChI is InChI=1S/C21H17F2PSe/c22-21(23)20(25)16-24(17-10-4-1-5-11-17,18-12-6-2-7-13-18)19-14-8-3-9-15-19/h1-16,21H. The first-order valence-electron chi connectivity index (χ1n) is 7.88. The Morgan fingerprint density at radius 1 is 0.680 bits per heavy atom. The average molecular weight is 417 g/mol. The van der Waals surface area contributed by atoms with Crippen LogP contribution in [-0.4, -0.2) is 32.2 Å². The van der Waals surface area contributed by atoms with Crippen LogP contribution in [0.1, 0.15) is 0 Å². The fourth-order valence-corrected chi connectivity index (χ4v) is 7.67. The topological polar surface area (TPSA) is 0 Å². The van der Waals surface area contributed by atoms with Gasteiger partial charge in [-0.3, -0.25) is 0 Å². The van der Waals surface area contributed by atoms with E-state index in [1.165, 1.54) is 0 Å². The molecule has 0 heterocycles. The molecule has 0 bridgehead atoms. The molecule has 0 radical (unpaired) electrons. The summed E-state index contributed by atoms with van der Waals surface area (Å²) in [6.07, 6.45) is -2.52. The minimum absolute atomic E-state index is 0.00936. The third kappa shape index (κ3) is 3.75. The molecule has 3 rings (SSSR count). The normalized spacial score (nSPS) is 11.3. The predicted octanol–water partition coefficient (Wildman–Crippen LogP) is 3.39. The second kappa shape index (κ2) is 8.06. The maximum absolute atomic E-state index is 13.4. The van der Waals surface area contributed by atoms with Gasteiger partial charge in [0.1, 0.15) is 0 Å². The number of alkyl halides is 2. The van der Waals surface area contributed by atoms with Crippen molar-refractivity contribution in [3.8, 4) is 0 Å². The second-order valence-electron chi connectivity index (χ2n) is 5.56. The second-order valence-corrected chi connectivity index (χ2v) is 9.80. The molecule has 0 fully saturated rings. The number of hydrogen-bond acceptors (Lipinski definition) is 0. The third-order valence-electron chi connectivity index (χ3n) is 4.03. The fourth-order valence-electron chi connectivity index (χ4n) is 2.91. The Bertz CT molecular complexity index is 788. The van der Waals surface area contributed by atoms with Crippen molar-refractivity contribution in [2.45, 2.75) is 6.43 Å². The predicted molar refractivity (Wildman–Crippen MR) is 108 cm³/mol. The summed E-state index contributed by atoms with van der Waals surface area (Å²) < 4.78 is 26.8. The van der Waals surface area contributed by atoms with Crippen molar-refractivity contribution in [1.29, 1.82) is 0 Å². The first kappa shape index (κ1) is 18.0. The van der Waals surface area contributed by atoms with Crippen LogP contribution >= 0.6 is 6.89 Å². The summed E-state index contributed by atoms with van der Waals surface area (Å²) in [6, 6.07) is 29.8. The molecule has 126 valence electrons. The summed E-state index contributed by atoms with van der Waals surface area (Å²) in [5.41, 5.74) is 0. The number of halogens is 2. The molecule has 0 unspecified atom stereocenters. The van der Waals surface area contributed by atoms with Crippen molar-refractivity contribution in [2.24, 2.45) is 0 Å². The van der Waals surface area contributed by atoms with Crippen LogP contribution in [0.25, 0.3) is 0 Å². The number of benzene rings is 3. The van der Waals surface area contributed by atoms with Crippen molar-refractivity contribution in [2.75, 3.05) is 0 Å². The number of hydrogen-bond donors (Lipinski definition) is 0. The van der Waals surface area contributed by atoms with Crippen molar-refractivity contribution >= 4 is 48.6 Å². The quantitative estimate of drug-likeness (QED) is 0.441. The minimum atomic E-state index is -2.52. The van der Waals surface area contributed by atoms with Crippen LogP contribution in [0.3, 0.4) is 0 Å². The van der Waals surface area contributed by atoms with Crippen LogP contribution in [0.4, 0.5) is 8.78 Å². The Hall–Kier alpha value is -1.79. The molecule has 0 aliphatic heterocycles. The maximum atomic E-state index is 13.4. The van der Waals surface area contributed by atoms with Gasteiger partial charge in [0.25, 0.3) is 0 Å². The van der Waals surface area contributed by atoms with E-state index in [1.54, 1.807) is 5.80 Å². The van der Waals surface area contributed by atoms with Crippen molar-refractivity contribution < 1.29 is 8.78 Å². The SMILES string of the molecule is FC(F)C(=[Se])C=P(c1ccccc1)(c1ccccc1)c1ccccc1. The van der Waals surface area contributed by atoms with Crippen LogP contribution in [-0.2, 0) is 0 Å². The molecule has 0 aromatic heterocycles. The zero-order valence-corrected chi connectivity index (χ0v) is 16.0. The molecule has 0 saturated carbocycles. The van der Waals surface area contributed by atoms with Gasteiger partial charge in [-0.15, -0.1) is 0 Å². The first-order valence-corrected chi connectivity index (χ1v) is 10.6. The zero-order chi connectivity index (χ0) is 17.7. The van der Waals surface area contributed by atoms with E-state index in [2.05, 4.69) is 15.6 Å². The van der Waals surface area contributed by atoms with E-state index < -0.39 is 13.3 Å². The molecule has 0 aliphatic rings. The molecule has 0 aliphatic carbocycles. The van der Waals surface area contributed by atoms with E-state index in [-0.39, 0.29) is 4.42 Å². The summed E-state index contributed by atoms with van der Waals surface area (Å²) >= 11 is 2.58. The molecule has 0 N–H and O–H groups in total. The molecule has 0 nitrogen and oxygen atoms in total. The molecule has 3 aromatic carbocycles. The molecule has 0 saturated heterocycles. The summed E-state index contributed by atoms with van der Waals surface area (Å²) in [7, 11) is 0. The van der Waals surface area contributed by atoms with E-state index in [1.807, 2.05) is 91.0 Å². The summed E-state index contributed by atoms with van der Waals surface area (Å²) in [4.78, 5) is 0. The van der Waals surface area contributed by atoms with Crippen molar-refractivity contribution in [1.82, 2.24) is 0 Å². The van der Waals surface area contributed by atoms with Gasteiger partial charge in [0.2, 0.25) is 0 Å². The fraction of sp³-hybridized carbons (Fsp3) is 0.0476. The number of rotatable bonds is 5. The molecular weight excluding hydrogens is 400 g/mol. The van der Waals surface area contributed by atoms with Crippen LogP contribution in [0.15, 0.2) is 91.0 Å². The van der Waals surface area contributed by atoms with E-state index in [9.17, 15) is 8.78 Å². The molecule has 0 spiro atoms. The summed E-state index contributed by atoms with van der Waals surface area (Å²) in [5, 5.41) is 3.17. The Labute approximate surface area is 154 Å². The van der Waals surface area contributed by atoms with Gasteiger partial charge in [-0.2, -0.15) is 0 Å². The van der Waals surface area contributed by atoms with E-state index in [4.69, 9.17) is 0 Å². The van der Waals surface area contributed by atoms with Crippen molar-refractivity contribution in [3.63, 3.8) is 0 Å². The molecule has 4 heteroatoms. The van der Waals surface area contributed by atoms with E-state index >= 15 is 0 Å². The van der Waals surface area contributed by atoms with Crippen molar-refractivity contribution in [3.05, 3.63) is 91.0 Å². The average Bonchev–Trinajstić information content (AvgIpc) is 2.68. The van der Waals surface area contributed by atoms with Gasteiger partial charge >= 0.3 is 155 Å². The Morgan fingerprint density at radius 3 is 1.28 bits per heavy atom. The van der Waals surface area contributed by atoms with Crippen LogP contribution < -0.4 is 15.9 Å². The summed E-state index contributed by atoms with van der Waals surface area (Å²) in [5.74, 6) is 1.76.